The van der Waals surface area contributed by atoms with E-state index < -0.39 is 0 Å². The molecule has 0 amide bonds. The number of halogens is 1. The van der Waals surface area contributed by atoms with Gasteiger partial charge in [0.15, 0.2) is 5.15 Å². The molecular formula is C10H12ClN3OS. The van der Waals surface area contributed by atoms with Gasteiger partial charge in [-0.05, 0) is 25.4 Å². The van der Waals surface area contributed by atoms with Crippen molar-refractivity contribution in [2.45, 2.75) is 26.1 Å². The molecule has 0 spiro atoms. The number of ether oxygens (including phenoxy) is 1. The molecule has 0 aliphatic carbocycles. The van der Waals surface area contributed by atoms with Crippen molar-refractivity contribution in [1.82, 2.24) is 4.37 Å². The fourth-order valence-corrected chi connectivity index (χ4v) is 2.96. The van der Waals surface area contributed by atoms with E-state index >= 15 is 0 Å². The van der Waals surface area contributed by atoms with Gasteiger partial charge in [0.05, 0.1) is 12.2 Å². The predicted octanol–water partition coefficient (Wildman–Crippen LogP) is 2.28. The number of nitrogens with zero attached hydrogens (tertiary/aromatic N) is 3. The summed E-state index contributed by atoms with van der Waals surface area (Å²) in [5.74, 6) is 0. The Kier molecular flexibility index (Phi) is 3.33. The molecule has 6 heteroatoms. The third-order valence-electron chi connectivity index (χ3n) is 2.45. The molecule has 1 aliphatic heterocycles. The summed E-state index contributed by atoms with van der Waals surface area (Å²) in [6.07, 6.45) is 0.326. The highest BCUT2D eigenvalue weighted by molar-refractivity contribution is 7.10. The first-order chi connectivity index (χ1) is 7.61. The van der Waals surface area contributed by atoms with E-state index in [0.29, 0.717) is 10.7 Å². The Hall–Kier alpha value is -0.830. The molecule has 0 bridgehead atoms. The van der Waals surface area contributed by atoms with E-state index in [-0.39, 0.29) is 12.2 Å². The first-order valence-corrected chi connectivity index (χ1v) is 6.22. The molecule has 0 aromatic carbocycles. The third-order valence-corrected chi connectivity index (χ3v) is 3.73. The second kappa shape index (κ2) is 4.58. The molecule has 86 valence electrons. The number of hydrogen-bond donors (Lipinski definition) is 0. The van der Waals surface area contributed by atoms with Crippen molar-refractivity contribution in [2.75, 3.05) is 18.0 Å². The maximum Gasteiger partial charge on any atom is 0.162 e. The van der Waals surface area contributed by atoms with E-state index in [1.54, 1.807) is 0 Å². The van der Waals surface area contributed by atoms with E-state index in [0.717, 1.165) is 18.1 Å². The van der Waals surface area contributed by atoms with E-state index in [4.69, 9.17) is 21.6 Å². The topological polar surface area (TPSA) is 49.2 Å². The van der Waals surface area contributed by atoms with Crippen molar-refractivity contribution in [3.8, 4) is 6.07 Å². The molecule has 1 aromatic rings. The minimum absolute atomic E-state index is 0.163. The second-order valence-corrected chi connectivity index (χ2v) is 5.04. The molecule has 16 heavy (non-hydrogen) atoms. The van der Waals surface area contributed by atoms with E-state index in [2.05, 4.69) is 15.3 Å². The van der Waals surface area contributed by atoms with Crippen LogP contribution in [-0.2, 0) is 4.74 Å². The van der Waals surface area contributed by atoms with Crippen LogP contribution in [0.5, 0.6) is 0 Å². The average Bonchev–Trinajstić information content (AvgIpc) is 2.58. The summed E-state index contributed by atoms with van der Waals surface area (Å²) in [6, 6.07) is 2.10. The van der Waals surface area contributed by atoms with E-state index in [1.165, 1.54) is 11.5 Å². The predicted molar refractivity (Wildman–Crippen MR) is 64.1 cm³/mol. The summed E-state index contributed by atoms with van der Waals surface area (Å²) in [7, 11) is 0. The lowest BCUT2D eigenvalue weighted by Crippen LogP contribution is -2.45. The number of anilines is 1. The zero-order valence-electron chi connectivity index (χ0n) is 9.11. The normalized spacial score (nSPS) is 25.5. The minimum atomic E-state index is 0.163. The van der Waals surface area contributed by atoms with Crippen LogP contribution in [0.1, 0.15) is 19.4 Å². The van der Waals surface area contributed by atoms with Crippen LogP contribution in [0.4, 0.5) is 5.00 Å². The highest BCUT2D eigenvalue weighted by Gasteiger charge is 2.26. The zero-order chi connectivity index (χ0) is 11.7. The Labute approximate surface area is 104 Å². The Bertz CT molecular complexity index is 418. The maximum atomic E-state index is 9.02. The summed E-state index contributed by atoms with van der Waals surface area (Å²) in [4.78, 5) is 2.13. The van der Waals surface area contributed by atoms with Crippen LogP contribution < -0.4 is 4.90 Å². The van der Waals surface area contributed by atoms with Gasteiger partial charge in [-0.15, -0.1) is 0 Å². The van der Waals surface area contributed by atoms with Crippen molar-refractivity contribution in [3.63, 3.8) is 0 Å². The van der Waals surface area contributed by atoms with Gasteiger partial charge < -0.3 is 9.64 Å². The van der Waals surface area contributed by atoms with Gasteiger partial charge in [-0.1, -0.05) is 11.6 Å². The molecule has 1 saturated heterocycles. The number of aromatic nitrogens is 1. The van der Waals surface area contributed by atoms with Crippen molar-refractivity contribution in [2.24, 2.45) is 0 Å². The van der Waals surface area contributed by atoms with Gasteiger partial charge >= 0.3 is 0 Å². The van der Waals surface area contributed by atoms with Gasteiger partial charge in [-0.2, -0.15) is 9.64 Å². The molecule has 1 aromatic heterocycles. The first kappa shape index (κ1) is 11.6. The summed E-state index contributed by atoms with van der Waals surface area (Å²) in [5, 5.41) is 10.2. The maximum absolute atomic E-state index is 9.02. The smallest absolute Gasteiger partial charge is 0.162 e. The van der Waals surface area contributed by atoms with Crippen molar-refractivity contribution in [1.29, 1.82) is 5.26 Å². The van der Waals surface area contributed by atoms with Crippen LogP contribution in [0.15, 0.2) is 0 Å². The quantitative estimate of drug-likeness (QED) is 0.775. The lowest BCUT2D eigenvalue weighted by molar-refractivity contribution is -0.00501. The molecule has 2 heterocycles. The van der Waals surface area contributed by atoms with Crippen molar-refractivity contribution < 1.29 is 4.74 Å². The molecule has 1 fully saturated rings. The molecular weight excluding hydrogens is 246 g/mol. The Morgan fingerprint density at radius 3 is 2.69 bits per heavy atom. The monoisotopic (exact) mass is 257 g/mol. The lowest BCUT2D eigenvalue weighted by atomic mass is 10.2. The fourth-order valence-electron chi connectivity index (χ4n) is 1.92. The van der Waals surface area contributed by atoms with Crippen molar-refractivity contribution in [3.05, 3.63) is 10.7 Å². The van der Waals surface area contributed by atoms with Gasteiger partial charge in [0.25, 0.3) is 0 Å². The molecule has 0 N–H and O–H groups in total. The summed E-state index contributed by atoms with van der Waals surface area (Å²) < 4.78 is 9.66. The molecule has 1 aliphatic rings. The number of hydrogen-bond acceptors (Lipinski definition) is 5. The highest BCUT2D eigenvalue weighted by Crippen LogP contribution is 2.32. The van der Waals surface area contributed by atoms with Gasteiger partial charge in [-0.25, -0.2) is 0 Å². The highest BCUT2D eigenvalue weighted by atomic mass is 35.5. The van der Waals surface area contributed by atoms with Crippen molar-refractivity contribution >= 4 is 28.1 Å². The Morgan fingerprint density at radius 2 is 2.12 bits per heavy atom. The molecule has 0 unspecified atom stereocenters. The van der Waals surface area contributed by atoms with Crippen LogP contribution in [0.3, 0.4) is 0 Å². The Balaban J connectivity index is 2.27. The van der Waals surface area contributed by atoms with Gasteiger partial charge in [0, 0.05) is 13.1 Å². The van der Waals surface area contributed by atoms with E-state index in [1.807, 2.05) is 13.8 Å². The van der Waals surface area contributed by atoms with E-state index in [9.17, 15) is 0 Å². The van der Waals surface area contributed by atoms with Gasteiger partial charge in [0.1, 0.15) is 16.6 Å². The van der Waals surface area contributed by atoms with Crippen LogP contribution in [0, 0.1) is 11.3 Å². The van der Waals surface area contributed by atoms with Gasteiger partial charge in [0.2, 0.25) is 0 Å². The molecule has 4 nitrogen and oxygen atoms in total. The molecule has 0 radical (unpaired) electrons. The summed E-state index contributed by atoms with van der Waals surface area (Å²) in [6.45, 7) is 5.60. The van der Waals surface area contributed by atoms with Crippen LogP contribution in [0.2, 0.25) is 5.15 Å². The first-order valence-electron chi connectivity index (χ1n) is 5.07. The number of rotatable bonds is 1. The molecule has 2 atom stereocenters. The zero-order valence-corrected chi connectivity index (χ0v) is 10.7. The lowest BCUT2D eigenvalue weighted by Gasteiger charge is -2.35. The average molecular weight is 258 g/mol. The molecule has 2 rings (SSSR count). The number of nitriles is 1. The fraction of sp³-hybridized carbons (Fsp3) is 0.600. The molecule has 0 saturated carbocycles. The van der Waals surface area contributed by atoms with Crippen LogP contribution in [0.25, 0.3) is 0 Å². The SMILES string of the molecule is C[C@@H]1CN(c2snc(Cl)c2C#N)C[C@H](C)O1. The second-order valence-electron chi connectivity index (χ2n) is 3.93. The summed E-state index contributed by atoms with van der Waals surface area (Å²) in [5.41, 5.74) is 0.480. The standard InChI is InChI=1S/C10H12ClN3OS/c1-6-4-14(5-7(2)15-6)10-8(3-12)9(11)13-16-10/h6-7H,4-5H2,1-2H3/t6-,7+. The largest absolute Gasteiger partial charge is 0.372 e. The third kappa shape index (κ3) is 2.14. The van der Waals surface area contributed by atoms with Crippen LogP contribution >= 0.6 is 23.1 Å². The number of morpholine rings is 1. The Morgan fingerprint density at radius 1 is 1.50 bits per heavy atom. The minimum Gasteiger partial charge on any atom is -0.372 e. The van der Waals surface area contributed by atoms with Gasteiger partial charge in [-0.3, -0.25) is 0 Å². The van der Waals surface area contributed by atoms with Crippen LogP contribution in [-0.4, -0.2) is 29.7 Å². The summed E-state index contributed by atoms with van der Waals surface area (Å²) >= 11 is 7.13.